The number of nitrogens with two attached hydrogens (primary N) is 1. The zero-order valence-corrected chi connectivity index (χ0v) is 11.3. The number of unbranched alkanes of at least 4 members (excludes halogenated alkanes) is 1. The molecule has 1 rings (SSSR count). The predicted octanol–water partition coefficient (Wildman–Crippen LogP) is 1.49. The molecule has 0 aliphatic carbocycles. The number of methoxy groups -OCH3 is 1. The van der Waals surface area contributed by atoms with Gasteiger partial charge in [-0.2, -0.15) is 4.98 Å². The molecule has 0 amide bonds. The average Bonchev–Trinajstić information content (AvgIpc) is 2.37. The number of hydrogen-bond acceptors (Lipinski definition) is 6. The molecule has 1 heterocycles. The minimum absolute atomic E-state index is 0.0913. The lowest BCUT2D eigenvalue weighted by molar-refractivity contribution is -0.138. The van der Waals surface area contributed by atoms with Gasteiger partial charge in [0.1, 0.15) is 6.54 Å². The van der Waals surface area contributed by atoms with E-state index >= 15 is 0 Å². The number of carbonyl (C=O) groups excluding carboxylic acids is 1. The molecule has 0 bridgehead atoms. The summed E-state index contributed by atoms with van der Waals surface area (Å²) in [5.74, 6) is 0.120. The van der Waals surface area contributed by atoms with Gasteiger partial charge in [0.05, 0.1) is 19.0 Å². The predicted molar refractivity (Wildman–Crippen MR) is 70.6 cm³/mol. The van der Waals surface area contributed by atoms with Crippen LogP contribution in [0.5, 0.6) is 0 Å². The summed E-state index contributed by atoms with van der Waals surface area (Å²) < 4.78 is 4.65. The number of rotatable bonds is 6. The van der Waals surface area contributed by atoms with Gasteiger partial charge < -0.3 is 15.4 Å². The highest BCUT2D eigenvalue weighted by Crippen LogP contribution is 2.21. The Hall–Kier alpha value is -1.56. The number of halogens is 1. The molecule has 0 saturated carbocycles. The Morgan fingerprint density at radius 2 is 2.33 bits per heavy atom. The van der Waals surface area contributed by atoms with Crippen molar-refractivity contribution in [3.05, 3.63) is 11.5 Å². The molecule has 0 spiro atoms. The van der Waals surface area contributed by atoms with E-state index in [9.17, 15) is 4.79 Å². The minimum Gasteiger partial charge on any atom is -0.468 e. The summed E-state index contributed by atoms with van der Waals surface area (Å²) in [6.45, 7) is 2.81. The zero-order chi connectivity index (χ0) is 13.5. The van der Waals surface area contributed by atoms with Gasteiger partial charge in [-0.25, -0.2) is 4.98 Å². The van der Waals surface area contributed by atoms with E-state index < -0.39 is 0 Å². The van der Waals surface area contributed by atoms with Crippen LogP contribution >= 0.6 is 11.6 Å². The molecule has 0 atom stereocenters. The third-order valence-electron chi connectivity index (χ3n) is 2.40. The fraction of sp³-hybridized carbons (Fsp3) is 0.545. The van der Waals surface area contributed by atoms with Crippen LogP contribution in [0.4, 0.5) is 11.5 Å². The lowest BCUT2D eigenvalue weighted by atomic mass is 10.3. The second-order valence-electron chi connectivity index (χ2n) is 3.77. The van der Waals surface area contributed by atoms with Crippen LogP contribution < -0.4 is 10.6 Å². The van der Waals surface area contributed by atoms with Gasteiger partial charge in [-0.15, -0.1) is 0 Å². The van der Waals surface area contributed by atoms with Crippen molar-refractivity contribution in [3.63, 3.8) is 0 Å². The molecule has 18 heavy (non-hydrogen) atoms. The van der Waals surface area contributed by atoms with Gasteiger partial charge in [-0.05, 0) is 18.0 Å². The topological polar surface area (TPSA) is 81.3 Å². The highest BCUT2D eigenvalue weighted by molar-refractivity contribution is 6.28. The normalized spacial score (nSPS) is 10.2. The molecular formula is C11H17ClN4O2. The molecule has 0 radical (unpaired) electrons. The van der Waals surface area contributed by atoms with Crippen molar-refractivity contribution in [3.8, 4) is 0 Å². The van der Waals surface area contributed by atoms with Gasteiger partial charge in [0.15, 0.2) is 5.82 Å². The van der Waals surface area contributed by atoms with E-state index in [-0.39, 0.29) is 17.8 Å². The Morgan fingerprint density at radius 3 is 2.94 bits per heavy atom. The first-order valence-electron chi connectivity index (χ1n) is 5.68. The Morgan fingerprint density at radius 1 is 1.61 bits per heavy atom. The Kier molecular flexibility index (Phi) is 5.64. The molecule has 6 nitrogen and oxygen atoms in total. The number of esters is 1. The maximum Gasteiger partial charge on any atom is 0.325 e. The number of ether oxygens (including phenoxy) is 1. The van der Waals surface area contributed by atoms with Gasteiger partial charge in [-0.3, -0.25) is 4.79 Å². The first kappa shape index (κ1) is 14.5. The number of anilines is 2. The van der Waals surface area contributed by atoms with Crippen molar-refractivity contribution in [2.24, 2.45) is 0 Å². The van der Waals surface area contributed by atoms with Gasteiger partial charge in [0.2, 0.25) is 5.28 Å². The van der Waals surface area contributed by atoms with Crippen molar-refractivity contribution in [1.29, 1.82) is 0 Å². The van der Waals surface area contributed by atoms with Gasteiger partial charge in [-0.1, -0.05) is 13.3 Å². The molecule has 100 valence electrons. The number of hydrogen-bond donors (Lipinski definition) is 1. The van der Waals surface area contributed by atoms with Crippen molar-refractivity contribution in [2.45, 2.75) is 19.8 Å². The maximum absolute atomic E-state index is 11.4. The van der Waals surface area contributed by atoms with Gasteiger partial charge >= 0.3 is 5.97 Å². The van der Waals surface area contributed by atoms with E-state index in [2.05, 4.69) is 21.6 Å². The van der Waals surface area contributed by atoms with E-state index in [0.717, 1.165) is 12.8 Å². The van der Waals surface area contributed by atoms with Crippen LogP contribution in [0, 0.1) is 0 Å². The summed E-state index contributed by atoms with van der Waals surface area (Å²) in [6, 6.07) is 0. The van der Waals surface area contributed by atoms with Crippen LogP contribution in [0.25, 0.3) is 0 Å². The molecule has 0 unspecified atom stereocenters. The quantitative estimate of drug-likeness (QED) is 0.624. The Labute approximate surface area is 111 Å². The van der Waals surface area contributed by atoms with Crippen molar-refractivity contribution in [2.75, 3.05) is 30.8 Å². The number of nitrogens with zero attached hydrogens (tertiary/aromatic N) is 3. The van der Waals surface area contributed by atoms with E-state index in [1.54, 1.807) is 4.90 Å². The molecule has 0 aliphatic heterocycles. The van der Waals surface area contributed by atoms with Crippen molar-refractivity contribution in [1.82, 2.24) is 9.97 Å². The van der Waals surface area contributed by atoms with Crippen LogP contribution in [-0.4, -0.2) is 36.1 Å². The lowest BCUT2D eigenvalue weighted by Crippen LogP contribution is -2.32. The maximum atomic E-state index is 11.4. The summed E-state index contributed by atoms with van der Waals surface area (Å²) in [7, 11) is 1.34. The number of carbonyl (C=O) groups is 1. The highest BCUT2D eigenvalue weighted by Gasteiger charge is 2.16. The first-order valence-corrected chi connectivity index (χ1v) is 6.06. The largest absolute Gasteiger partial charge is 0.468 e. The molecular weight excluding hydrogens is 256 g/mol. The van der Waals surface area contributed by atoms with Crippen LogP contribution in [0.15, 0.2) is 6.20 Å². The number of nitrogen functional groups attached to an aromatic ring is 1. The second-order valence-corrected chi connectivity index (χ2v) is 4.11. The Balaban J connectivity index is 2.92. The second kappa shape index (κ2) is 7.00. The fourth-order valence-corrected chi connectivity index (χ4v) is 1.57. The van der Waals surface area contributed by atoms with Crippen LogP contribution in [0.1, 0.15) is 19.8 Å². The number of aromatic nitrogens is 2. The fourth-order valence-electron chi connectivity index (χ4n) is 1.44. The van der Waals surface area contributed by atoms with E-state index in [0.29, 0.717) is 18.1 Å². The first-order chi connectivity index (χ1) is 8.58. The summed E-state index contributed by atoms with van der Waals surface area (Å²) in [4.78, 5) is 21.0. The Bertz CT molecular complexity index is 414. The van der Waals surface area contributed by atoms with E-state index in [1.165, 1.54) is 13.3 Å². The van der Waals surface area contributed by atoms with Gasteiger partial charge in [0, 0.05) is 6.54 Å². The zero-order valence-electron chi connectivity index (χ0n) is 10.5. The summed E-state index contributed by atoms with van der Waals surface area (Å²) in [6.07, 6.45) is 3.34. The van der Waals surface area contributed by atoms with E-state index in [4.69, 9.17) is 17.3 Å². The summed E-state index contributed by atoms with van der Waals surface area (Å²) >= 11 is 5.74. The highest BCUT2D eigenvalue weighted by atomic mass is 35.5. The minimum atomic E-state index is -0.347. The molecule has 0 aliphatic rings. The molecule has 1 aromatic rings. The molecule has 1 aromatic heterocycles. The third kappa shape index (κ3) is 4.03. The standard InChI is InChI=1S/C11H17ClN4O2/c1-3-4-5-16(7-9(17)18-2)10-8(13)6-14-11(12)15-10/h6H,3-5,7,13H2,1-2H3. The lowest BCUT2D eigenvalue weighted by Gasteiger charge is -2.23. The monoisotopic (exact) mass is 272 g/mol. The van der Waals surface area contributed by atoms with Crippen LogP contribution in [0.3, 0.4) is 0 Å². The van der Waals surface area contributed by atoms with Crippen LogP contribution in [0.2, 0.25) is 5.28 Å². The molecule has 0 fully saturated rings. The average molecular weight is 273 g/mol. The van der Waals surface area contributed by atoms with Crippen LogP contribution in [-0.2, 0) is 9.53 Å². The summed E-state index contributed by atoms with van der Waals surface area (Å²) in [5, 5.41) is 0.102. The molecule has 7 heteroatoms. The molecule has 0 saturated heterocycles. The smallest absolute Gasteiger partial charge is 0.325 e. The third-order valence-corrected chi connectivity index (χ3v) is 2.58. The molecule has 2 N–H and O–H groups in total. The summed E-state index contributed by atoms with van der Waals surface area (Å²) in [5.41, 5.74) is 6.19. The molecule has 0 aromatic carbocycles. The van der Waals surface area contributed by atoms with Crippen molar-refractivity contribution < 1.29 is 9.53 Å². The van der Waals surface area contributed by atoms with E-state index in [1.807, 2.05) is 0 Å². The van der Waals surface area contributed by atoms with Gasteiger partial charge in [0.25, 0.3) is 0 Å². The van der Waals surface area contributed by atoms with Crippen molar-refractivity contribution >= 4 is 29.1 Å². The SMILES string of the molecule is CCCCN(CC(=O)OC)c1nc(Cl)ncc1N.